The van der Waals surface area contributed by atoms with Crippen LogP contribution in [-0.4, -0.2) is 143 Å². The third kappa shape index (κ3) is 22.9. The van der Waals surface area contributed by atoms with Crippen molar-refractivity contribution in [1.82, 2.24) is 4.98 Å². The highest BCUT2D eigenvalue weighted by Crippen LogP contribution is 2.33. The van der Waals surface area contributed by atoms with Crippen LogP contribution in [0.5, 0.6) is 0 Å². The molecule has 0 aliphatic carbocycles. The van der Waals surface area contributed by atoms with Gasteiger partial charge in [0.05, 0.1) is 113 Å². The van der Waals surface area contributed by atoms with Gasteiger partial charge in [0.25, 0.3) is 17.1 Å². The highest BCUT2D eigenvalue weighted by atomic mass is 79.9. The van der Waals surface area contributed by atoms with E-state index in [0.29, 0.717) is 32.1 Å². The molecule has 528 valence electrons. The topological polar surface area (TPSA) is 452 Å². The zero-order valence-electron chi connectivity index (χ0n) is 53.9. The maximum Gasteiger partial charge on any atom is 0.339 e. The van der Waals surface area contributed by atoms with Crippen LogP contribution in [-0.2, 0) is 28.4 Å². The van der Waals surface area contributed by atoms with Gasteiger partial charge in [0.2, 0.25) is 0 Å². The maximum atomic E-state index is 12.0. The Bertz CT molecular complexity index is 4860. The SMILES string of the molecule is C#Cc1ccccc1.COC(=O)c1cc(C(=O)OC)c(Br)c([N+](=O)[O-])c1.COC(=O)c1cc(C(=O)OC)c(C#Cc2ccccc2)c([N+](=O)[O-])c1.COC(=O)c1cc(C(=O)OC)c2cc(-c3ccccc3)[nH]c2c1.O=C(O)c1cc(C(=O)O)c(Br)c([N+](=O)[O-])c1.O=C(O)c1ccc(Br)c(C(=O)O)c1. The lowest BCUT2D eigenvalue weighted by atomic mass is 10.0. The molecule has 5 N–H and O–H groups in total. The molecule has 1 aromatic heterocycles. The molecule has 0 saturated carbocycles. The molecule has 30 nitrogen and oxygen atoms in total. The Labute approximate surface area is 606 Å². The van der Waals surface area contributed by atoms with Gasteiger partial charge in [0.1, 0.15) is 14.5 Å². The summed E-state index contributed by atoms with van der Waals surface area (Å²) in [5, 5.41) is 68.1. The van der Waals surface area contributed by atoms with Crippen LogP contribution in [0.25, 0.3) is 22.2 Å². The Kier molecular flexibility index (Phi) is 31.4. The van der Waals surface area contributed by atoms with Crippen molar-refractivity contribution in [2.45, 2.75) is 0 Å². The second-order valence-corrected chi connectivity index (χ2v) is 21.9. The minimum Gasteiger partial charge on any atom is -0.478 e. The summed E-state index contributed by atoms with van der Waals surface area (Å²) in [4.78, 5) is 147. The summed E-state index contributed by atoms with van der Waals surface area (Å²) in [6.07, 6.45) is 5.10. The third-order valence-corrected chi connectivity index (χ3v) is 15.4. The first-order valence-electron chi connectivity index (χ1n) is 28.1. The van der Waals surface area contributed by atoms with E-state index in [-0.39, 0.29) is 47.9 Å². The fourth-order valence-electron chi connectivity index (χ4n) is 8.20. The minimum atomic E-state index is -1.45. The quantitative estimate of drug-likeness (QED) is 0.0222. The molecule has 0 fully saturated rings. The van der Waals surface area contributed by atoms with Crippen molar-refractivity contribution in [3.8, 4) is 35.4 Å². The van der Waals surface area contributed by atoms with Crippen molar-refractivity contribution in [3.05, 3.63) is 280 Å². The summed E-state index contributed by atoms with van der Waals surface area (Å²) in [6.45, 7) is 0. The number of nitrogens with one attached hydrogen (secondary N) is 1. The second-order valence-electron chi connectivity index (χ2n) is 19.4. The van der Waals surface area contributed by atoms with Gasteiger partial charge in [-0.3, -0.25) is 30.3 Å². The van der Waals surface area contributed by atoms with Gasteiger partial charge in [-0.25, -0.2) is 47.9 Å². The summed E-state index contributed by atoms with van der Waals surface area (Å²) in [5.74, 6) is -1.49. The lowest BCUT2D eigenvalue weighted by Crippen LogP contribution is -2.11. The van der Waals surface area contributed by atoms with E-state index in [1.807, 2.05) is 66.7 Å². The number of benzene rings is 8. The average Bonchev–Trinajstić information content (AvgIpc) is 1.66. The number of methoxy groups -OCH3 is 6. The Morgan fingerprint density at radius 1 is 0.398 bits per heavy atom. The van der Waals surface area contributed by atoms with Crippen molar-refractivity contribution >= 4 is 135 Å². The van der Waals surface area contributed by atoms with Gasteiger partial charge in [-0.1, -0.05) is 84.5 Å². The smallest absolute Gasteiger partial charge is 0.339 e. The van der Waals surface area contributed by atoms with E-state index in [1.165, 1.54) is 38.5 Å². The number of carboxylic acids is 4. The number of nitro benzene ring substituents is 3. The Morgan fingerprint density at radius 2 is 0.777 bits per heavy atom. The zero-order valence-corrected chi connectivity index (χ0v) is 58.7. The number of aromatic amines is 1. The molecule has 0 radical (unpaired) electrons. The Hall–Kier alpha value is -13.2. The van der Waals surface area contributed by atoms with Gasteiger partial charge in [-0.2, -0.15) is 0 Å². The number of fused-ring (bicyclic) bond motifs is 1. The third-order valence-electron chi connectivity index (χ3n) is 13.1. The normalized spacial score (nSPS) is 9.71. The number of rotatable bonds is 14. The molecule has 0 bridgehead atoms. The van der Waals surface area contributed by atoms with Crippen LogP contribution >= 0.6 is 47.8 Å². The number of ether oxygens (including phenoxy) is 6. The number of H-pyrrole nitrogens is 1. The molecule has 9 aromatic rings. The number of hydrogen-bond donors (Lipinski definition) is 5. The van der Waals surface area contributed by atoms with Gasteiger partial charge in [-0.15, -0.1) is 6.42 Å². The molecule has 9 rings (SSSR count). The molecule has 0 unspecified atom stereocenters. The number of aromatic carboxylic acids is 4. The van der Waals surface area contributed by atoms with Crippen molar-refractivity contribution < 1.29 is 112 Å². The number of halogens is 3. The highest BCUT2D eigenvalue weighted by Gasteiger charge is 2.28. The van der Waals surface area contributed by atoms with Crippen molar-refractivity contribution in [2.24, 2.45) is 0 Å². The number of carbonyl (C=O) groups excluding carboxylic acids is 6. The molecule has 8 aromatic carbocycles. The average molecular weight is 1600 g/mol. The summed E-state index contributed by atoms with van der Waals surface area (Å²) in [6, 6.07) is 43.0. The minimum absolute atomic E-state index is 0.0411. The molecule has 0 atom stereocenters. The molecule has 0 aliphatic rings. The molecular formula is C70H51Br3N4O26. The largest absolute Gasteiger partial charge is 0.478 e. The first-order chi connectivity index (χ1) is 48.8. The van der Waals surface area contributed by atoms with Gasteiger partial charge >= 0.3 is 59.7 Å². The first-order valence-corrected chi connectivity index (χ1v) is 30.5. The summed E-state index contributed by atoms with van der Waals surface area (Å²) < 4.78 is 27.8. The van der Waals surface area contributed by atoms with Crippen LogP contribution < -0.4 is 0 Å². The van der Waals surface area contributed by atoms with E-state index in [2.05, 4.69) is 89.5 Å². The molecule has 0 saturated heterocycles. The monoisotopic (exact) mass is 1600 g/mol. The van der Waals surface area contributed by atoms with Crippen LogP contribution in [0.4, 0.5) is 17.1 Å². The molecule has 33 heteroatoms. The molecular weight excluding hydrogens is 1550 g/mol. The van der Waals surface area contributed by atoms with Gasteiger partial charge < -0.3 is 53.8 Å². The Morgan fingerprint density at radius 3 is 1.21 bits per heavy atom. The molecule has 0 aliphatic heterocycles. The molecule has 1 heterocycles. The zero-order chi connectivity index (χ0) is 76.9. The van der Waals surface area contributed by atoms with E-state index in [0.717, 1.165) is 81.7 Å². The number of aromatic nitrogens is 1. The Balaban J connectivity index is 0.000000269. The van der Waals surface area contributed by atoms with Crippen LogP contribution in [0.1, 0.15) is 120 Å². The van der Waals surface area contributed by atoms with E-state index < -0.39 is 103 Å². The summed E-state index contributed by atoms with van der Waals surface area (Å²) >= 11 is 8.69. The number of carbonyl (C=O) groups is 10. The predicted molar refractivity (Wildman–Crippen MR) is 375 cm³/mol. The van der Waals surface area contributed by atoms with Crippen molar-refractivity contribution in [3.63, 3.8) is 0 Å². The van der Waals surface area contributed by atoms with Crippen LogP contribution in [0, 0.1) is 54.5 Å². The van der Waals surface area contributed by atoms with E-state index in [9.17, 15) is 78.3 Å². The highest BCUT2D eigenvalue weighted by molar-refractivity contribution is 9.11. The summed E-state index contributed by atoms with van der Waals surface area (Å²) in [7, 11) is 7.14. The van der Waals surface area contributed by atoms with Crippen LogP contribution in [0.15, 0.2) is 177 Å². The first kappa shape index (κ1) is 82.2. The lowest BCUT2D eigenvalue weighted by molar-refractivity contribution is -0.385. The van der Waals surface area contributed by atoms with Crippen molar-refractivity contribution in [2.75, 3.05) is 42.7 Å². The standard InChI is InChI=1S/C18H13NO6.C18H15NO4.C10H8BrNO6.C8H4BrNO6.C8H5BrO4.C8H6/c1-24-17(20)13-10-15(18(21)25-2)14(16(11-13)19(22)23)9-8-12-6-4-3-5-7-12;1-22-17(20)12-8-14(18(21)23-2)13-10-15(19-16(13)9-12)11-6-4-3-5-7-11;1-17-9(13)5-3-6(10(14)18-2)8(11)7(4-5)12(15)16;9-6-4(8(13)14)1-3(7(11)12)2-5(6)10(15)16;9-6-2-1-4(7(10)11)3-5(6)8(12)13;1-2-8-6-4-3-5-7-8/h3-7,10-11H,1-2H3;3-10,19H,1-2H3;3-4H,1-2H3;1-2H,(H,11,12)(H,13,14);1-3H,(H,10,11)(H,12,13);1,3-7H. The lowest BCUT2D eigenvalue weighted by Gasteiger charge is -2.07. The van der Waals surface area contributed by atoms with Gasteiger partial charge in [0.15, 0.2) is 0 Å². The van der Waals surface area contributed by atoms with Crippen LogP contribution in [0.3, 0.4) is 0 Å². The summed E-state index contributed by atoms with van der Waals surface area (Å²) in [5.41, 5.74) is 1.50. The molecule has 103 heavy (non-hydrogen) atoms. The number of carboxylic acid groups (broad SMARTS) is 4. The van der Waals surface area contributed by atoms with E-state index in [1.54, 1.807) is 36.4 Å². The second kappa shape index (κ2) is 39.4. The van der Waals surface area contributed by atoms with E-state index >= 15 is 0 Å². The molecule has 0 amide bonds. The fraction of sp³-hybridized carbons (Fsp3) is 0.0857. The molecule has 0 spiro atoms. The number of nitrogens with zero attached hydrogens (tertiary/aromatic N) is 3. The van der Waals surface area contributed by atoms with Crippen LogP contribution in [0.2, 0.25) is 0 Å². The number of hydrogen-bond acceptors (Lipinski definition) is 22. The van der Waals surface area contributed by atoms with Crippen molar-refractivity contribution in [1.29, 1.82) is 0 Å². The predicted octanol–water partition coefficient (Wildman–Crippen LogP) is 13.2. The maximum absolute atomic E-state index is 12.0. The van der Waals surface area contributed by atoms with Gasteiger partial charge in [-0.05, 0) is 132 Å². The number of nitro groups is 3. The number of terminal acetylenes is 1. The van der Waals surface area contributed by atoms with E-state index in [4.69, 9.17) is 36.3 Å². The number of esters is 6. The fourth-order valence-corrected chi connectivity index (χ4v) is 9.70. The van der Waals surface area contributed by atoms with Gasteiger partial charge in [0, 0.05) is 50.4 Å².